The molecule has 10 heteroatoms. The minimum atomic E-state index is -0.799. The summed E-state index contributed by atoms with van der Waals surface area (Å²) in [5.74, 6) is -1.60. The quantitative estimate of drug-likeness (QED) is 0.341. The summed E-state index contributed by atoms with van der Waals surface area (Å²) in [5, 5.41) is 5.22. The molecular weight excluding hydrogens is 396 g/mol. The van der Waals surface area contributed by atoms with Gasteiger partial charge < -0.3 is 29.6 Å². The van der Waals surface area contributed by atoms with Crippen molar-refractivity contribution in [1.29, 1.82) is 0 Å². The highest BCUT2D eigenvalue weighted by Gasteiger charge is 2.19. The molecule has 0 saturated heterocycles. The van der Waals surface area contributed by atoms with Crippen LogP contribution < -0.4 is 10.6 Å². The molecule has 0 aromatic carbocycles. The van der Waals surface area contributed by atoms with Crippen LogP contribution in [0.5, 0.6) is 0 Å². The van der Waals surface area contributed by atoms with Crippen LogP contribution in [-0.2, 0) is 28.5 Å². The second kappa shape index (κ2) is 12.0. The highest BCUT2D eigenvalue weighted by molar-refractivity contribution is 5.91. The Bertz CT molecular complexity index is 578. The highest BCUT2D eigenvalue weighted by Crippen LogP contribution is 2.03. The number of hydrogen-bond donors (Lipinski definition) is 2. The molecule has 0 rings (SSSR count). The van der Waals surface area contributed by atoms with Gasteiger partial charge in [-0.15, -0.1) is 0 Å². The molecule has 0 aromatic heterocycles. The summed E-state index contributed by atoms with van der Waals surface area (Å²) in [4.78, 5) is 46.5. The molecule has 0 bridgehead atoms. The van der Waals surface area contributed by atoms with Gasteiger partial charge in [-0.25, -0.2) is 19.2 Å². The third kappa shape index (κ3) is 16.2. The first-order chi connectivity index (χ1) is 13.6. The normalized spacial score (nSPS) is 13.7. The lowest BCUT2D eigenvalue weighted by atomic mass is 10.1. The minimum Gasteiger partial charge on any atom is -0.459 e. The molecule has 172 valence electrons. The molecule has 2 amide bonds. The van der Waals surface area contributed by atoms with Gasteiger partial charge in [-0.05, 0) is 55.4 Å². The number of nitrogens with one attached hydrogen (secondary N) is 2. The van der Waals surface area contributed by atoms with Crippen molar-refractivity contribution in [2.45, 2.75) is 78.7 Å². The van der Waals surface area contributed by atoms with Crippen LogP contribution in [0.25, 0.3) is 0 Å². The summed E-state index contributed by atoms with van der Waals surface area (Å²) in [6.07, 6.45) is -0.817. The van der Waals surface area contributed by atoms with Gasteiger partial charge in [0.25, 0.3) is 0 Å². The van der Waals surface area contributed by atoms with Crippen LogP contribution in [0.4, 0.5) is 9.59 Å². The molecule has 0 radical (unpaired) electrons. The fourth-order valence-corrected chi connectivity index (χ4v) is 1.74. The van der Waals surface area contributed by atoms with Crippen molar-refractivity contribution in [3.63, 3.8) is 0 Å². The van der Waals surface area contributed by atoms with Crippen molar-refractivity contribution in [1.82, 2.24) is 10.6 Å². The van der Waals surface area contributed by atoms with Crippen LogP contribution in [0.3, 0.4) is 0 Å². The van der Waals surface area contributed by atoms with E-state index in [9.17, 15) is 19.2 Å². The van der Waals surface area contributed by atoms with Crippen LogP contribution in [0.15, 0.2) is 12.2 Å². The molecule has 10 nitrogen and oxygen atoms in total. The Morgan fingerprint density at radius 2 is 1.00 bits per heavy atom. The van der Waals surface area contributed by atoms with E-state index in [1.807, 2.05) is 0 Å². The topological polar surface area (TPSA) is 129 Å². The first-order valence-corrected chi connectivity index (χ1v) is 9.56. The lowest BCUT2D eigenvalue weighted by molar-refractivity contribution is -0.143. The third-order valence-electron chi connectivity index (χ3n) is 2.85. The minimum absolute atomic E-state index is 0.177. The van der Waals surface area contributed by atoms with Crippen molar-refractivity contribution in [2.75, 3.05) is 13.2 Å². The maximum absolute atomic E-state index is 11.6. The van der Waals surface area contributed by atoms with E-state index in [0.29, 0.717) is 0 Å². The summed E-state index contributed by atoms with van der Waals surface area (Å²) >= 11 is 0. The molecule has 0 heterocycles. The zero-order valence-electron chi connectivity index (χ0n) is 19.0. The number of carbonyl (C=O) groups is 4. The summed E-state index contributed by atoms with van der Waals surface area (Å²) < 4.78 is 19.9. The monoisotopic (exact) mass is 430 g/mol. The second-order valence-electron chi connectivity index (χ2n) is 8.78. The predicted molar refractivity (Wildman–Crippen MR) is 109 cm³/mol. The van der Waals surface area contributed by atoms with Crippen molar-refractivity contribution >= 4 is 24.1 Å². The molecule has 30 heavy (non-hydrogen) atoms. The van der Waals surface area contributed by atoms with Gasteiger partial charge in [-0.1, -0.05) is 0 Å². The van der Waals surface area contributed by atoms with Gasteiger partial charge in [0, 0.05) is 23.2 Å². The van der Waals surface area contributed by atoms with Crippen molar-refractivity contribution in [3.05, 3.63) is 12.2 Å². The van der Waals surface area contributed by atoms with E-state index in [4.69, 9.17) is 18.9 Å². The maximum atomic E-state index is 11.6. The summed E-state index contributed by atoms with van der Waals surface area (Å²) in [6.45, 7) is 13.6. The van der Waals surface area contributed by atoms with E-state index in [1.165, 1.54) is 0 Å². The van der Waals surface area contributed by atoms with Crippen LogP contribution in [0, 0.1) is 0 Å². The van der Waals surface area contributed by atoms with Crippen molar-refractivity contribution < 1.29 is 38.1 Å². The second-order valence-corrected chi connectivity index (χ2v) is 8.78. The van der Waals surface area contributed by atoms with Gasteiger partial charge in [0.15, 0.2) is 0 Å². The average molecular weight is 430 g/mol. The standard InChI is InChI=1S/C20H34N2O8/c1-13(29-17(25)21-19(3,4)5)11-27-15(23)9-10-16(24)28-12-14(2)30-18(26)22-20(6,7)8/h9-10,13-14H,11-12H2,1-8H3,(H,21,25)(H,22,26)/b10-9+/t13-,14-/m1/s1. The molecular formula is C20H34N2O8. The Morgan fingerprint density at radius 3 is 1.27 bits per heavy atom. The number of esters is 2. The number of rotatable bonds is 8. The van der Waals surface area contributed by atoms with E-state index in [1.54, 1.807) is 55.4 Å². The Hall–Kier alpha value is -2.78. The smallest absolute Gasteiger partial charge is 0.407 e. The van der Waals surface area contributed by atoms with Gasteiger partial charge in [-0.3, -0.25) is 0 Å². The van der Waals surface area contributed by atoms with Gasteiger partial charge in [0.1, 0.15) is 25.4 Å². The molecule has 0 fully saturated rings. The Kier molecular flexibility index (Phi) is 10.9. The third-order valence-corrected chi connectivity index (χ3v) is 2.85. The molecule has 2 N–H and O–H groups in total. The van der Waals surface area contributed by atoms with E-state index in [2.05, 4.69) is 10.6 Å². The average Bonchev–Trinajstić information content (AvgIpc) is 2.52. The Labute approximate surface area is 177 Å². The van der Waals surface area contributed by atoms with Crippen LogP contribution in [-0.4, -0.2) is 60.6 Å². The van der Waals surface area contributed by atoms with Gasteiger partial charge in [0.05, 0.1) is 0 Å². The fourth-order valence-electron chi connectivity index (χ4n) is 1.74. The zero-order valence-corrected chi connectivity index (χ0v) is 19.0. The van der Waals surface area contributed by atoms with Crippen molar-refractivity contribution in [3.8, 4) is 0 Å². The number of ether oxygens (including phenoxy) is 4. The van der Waals surface area contributed by atoms with Crippen molar-refractivity contribution in [2.24, 2.45) is 0 Å². The molecule has 0 aliphatic heterocycles. The molecule has 0 unspecified atom stereocenters. The predicted octanol–water partition coefficient (Wildman–Crippen LogP) is 2.46. The van der Waals surface area contributed by atoms with Crippen LogP contribution in [0.1, 0.15) is 55.4 Å². The molecule has 0 aliphatic carbocycles. The summed E-state index contributed by atoms with van der Waals surface area (Å²) in [6, 6.07) is 0. The molecule has 2 atom stereocenters. The SMILES string of the molecule is C[C@H](COC(=O)/C=C/C(=O)OC[C@@H](C)OC(=O)NC(C)(C)C)OC(=O)NC(C)(C)C. The summed E-state index contributed by atoms with van der Waals surface area (Å²) in [7, 11) is 0. The molecule has 0 saturated carbocycles. The Morgan fingerprint density at radius 1 is 0.700 bits per heavy atom. The van der Waals surface area contributed by atoms with E-state index in [-0.39, 0.29) is 13.2 Å². The van der Waals surface area contributed by atoms with E-state index in [0.717, 1.165) is 12.2 Å². The van der Waals surface area contributed by atoms with E-state index < -0.39 is 47.4 Å². The Balaban J connectivity index is 4.17. The zero-order chi connectivity index (χ0) is 23.5. The summed E-state index contributed by atoms with van der Waals surface area (Å²) in [5.41, 5.74) is -0.898. The number of alkyl carbamates (subject to hydrolysis) is 2. The van der Waals surface area contributed by atoms with Gasteiger partial charge in [-0.2, -0.15) is 0 Å². The highest BCUT2D eigenvalue weighted by atomic mass is 16.6. The fraction of sp³-hybridized carbons (Fsp3) is 0.700. The van der Waals surface area contributed by atoms with Crippen LogP contribution in [0.2, 0.25) is 0 Å². The number of amides is 2. The van der Waals surface area contributed by atoms with E-state index >= 15 is 0 Å². The lowest BCUT2D eigenvalue weighted by Gasteiger charge is -2.22. The largest absolute Gasteiger partial charge is 0.459 e. The molecule has 0 aliphatic rings. The number of carbonyl (C=O) groups excluding carboxylic acids is 4. The first-order valence-electron chi connectivity index (χ1n) is 9.56. The van der Waals surface area contributed by atoms with Crippen LogP contribution >= 0.6 is 0 Å². The first kappa shape index (κ1) is 27.2. The van der Waals surface area contributed by atoms with Gasteiger partial charge in [0.2, 0.25) is 0 Å². The lowest BCUT2D eigenvalue weighted by Crippen LogP contribution is -2.42. The molecule has 0 aromatic rings. The molecule has 0 spiro atoms. The maximum Gasteiger partial charge on any atom is 0.407 e. The number of hydrogen-bond acceptors (Lipinski definition) is 8. The van der Waals surface area contributed by atoms with Gasteiger partial charge >= 0.3 is 24.1 Å².